The van der Waals surface area contributed by atoms with E-state index in [0.717, 1.165) is 11.3 Å². The maximum absolute atomic E-state index is 12.1. The van der Waals surface area contributed by atoms with E-state index in [1.165, 1.54) is 11.8 Å². The van der Waals surface area contributed by atoms with Crippen LogP contribution in [0.15, 0.2) is 36.4 Å². The van der Waals surface area contributed by atoms with Crippen LogP contribution in [0.4, 0.5) is 5.69 Å². The van der Waals surface area contributed by atoms with Gasteiger partial charge in [-0.05, 0) is 38.1 Å². The monoisotopic (exact) mass is 323 g/mol. The highest BCUT2D eigenvalue weighted by Crippen LogP contribution is 2.23. The number of carbonyl (C=O) groups is 2. The number of fused-ring (bicyclic) bond motifs is 1. The smallest absolute Gasteiger partial charge is 0.234 e. The van der Waals surface area contributed by atoms with Gasteiger partial charge in [-0.2, -0.15) is 9.61 Å². The number of rotatable bonds is 4. The summed E-state index contributed by atoms with van der Waals surface area (Å²) in [6, 6.07) is 11.2. The summed E-state index contributed by atoms with van der Waals surface area (Å²) in [5, 5.41) is 12.5. The molecular weight excluding hydrogens is 306 g/mol. The molecule has 0 aliphatic rings. The maximum Gasteiger partial charge on any atom is 0.234 e. The molecule has 0 atom stereocenters. The lowest BCUT2D eigenvalue weighted by atomic mass is 10.1. The number of hydrogen-bond acceptors (Lipinski definition) is 5. The van der Waals surface area contributed by atoms with Crippen molar-refractivity contribution >= 4 is 23.0 Å². The second-order valence-corrected chi connectivity index (χ2v) is 5.62. The average molecular weight is 323 g/mol. The third-order valence-electron chi connectivity index (χ3n) is 3.72. The molecule has 0 radical (unpaired) electrons. The van der Waals surface area contributed by atoms with Crippen molar-refractivity contribution in [2.24, 2.45) is 0 Å². The van der Waals surface area contributed by atoms with E-state index in [2.05, 4.69) is 15.3 Å². The van der Waals surface area contributed by atoms with Gasteiger partial charge in [-0.3, -0.25) is 9.59 Å². The highest BCUT2D eigenvalue weighted by molar-refractivity contribution is 6.04. The lowest BCUT2D eigenvalue weighted by Crippen LogP contribution is -2.27. The highest BCUT2D eigenvalue weighted by atomic mass is 16.2. The Labute approximate surface area is 138 Å². The first-order chi connectivity index (χ1) is 11.5. The van der Waals surface area contributed by atoms with Crippen LogP contribution in [0.3, 0.4) is 0 Å². The molecule has 1 amide bonds. The molecule has 0 spiro atoms. The first kappa shape index (κ1) is 15.8. The Hall–Kier alpha value is -3.09. The van der Waals surface area contributed by atoms with Crippen LogP contribution in [-0.4, -0.2) is 38.5 Å². The number of Topliss-reactive ketones (excluding diaryl/α,β-unsaturated/α-hetero) is 1. The molecule has 2 aromatic heterocycles. The summed E-state index contributed by atoms with van der Waals surface area (Å²) in [7, 11) is 1.66. The van der Waals surface area contributed by atoms with Gasteiger partial charge in [-0.1, -0.05) is 12.1 Å². The van der Waals surface area contributed by atoms with Crippen molar-refractivity contribution in [3.05, 3.63) is 42.2 Å². The van der Waals surface area contributed by atoms with Crippen LogP contribution in [0.1, 0.15) is 19.2 Å². The molecule has 7 nitrogen and oxygen atoms in total. The molecule has 0 unspecified atom stereocenters. The third kappa shape index (κ3) is 3.01. The number of hydrogen-bond donors (Lipinski definition) is 0. The minimum absolute atomic E-state index is 0.106. The van der Waals surface area contributed by atoms with E-state index in [1.54, 1.807) is 11.6 Å². The van der Waals surface area contributed by atoms with E-state index in [1.807, 2.05) is 43.3 Å². The Morgan fingerprint density at radius 3 is 2.71 bits per heavy atom. The fraction of sp³-hybridized carbons (Fsp3) is 0.235. The van der Waals surface area contributed by atoms with Gasteiger partial charge in [0.2, 0.25) is 5.91 Å². The van der Waals surface area contributed by atoms with Gasteiger partial charge in [-0.25, -0.2) is 0 Å². The number of amides is 1. The van der Waals surface area contributed by atoms with Crippen molar-refractivity contribution in [2.75, 3.05) is 11.9 Å². The molecule has 2 heterocycles. The number of nitrogens with zero attached hydrogens (tertiary/aromatic N) is 5. The summed E-state index contributed by atoms with van der Waals surface area (Å²) >= 11 is 0. The Balaban J connectivity index is 1.95. The molecule has 0 fully saturated rings. The lowest BCUT2D eigenvalue weighted by Gasteiger charge is -2.17. The molecule has 0 bridgehead atoms. The molecule has 0 aliphatic heterocycles. The normalized spacial score (nSPS) is 10.8. The molecule has 3 aromatic rings. The highest BCUT2D eigenvalue weighted by Gasteiger charge is 2.14. The molecule has 1 aromatic carbocycles. The number of anilines is 1. The molecule has 24 heavy (non-hydrogen) atoms. The molecule has 0 saturated heterocycles. The summed E-state index contributed by atoms with van der Waals surface area (Å²) in [5.41, 5.74) is 3.01. The minimum Gasteiger partial charge on any atom is -0.315 e. The van der Waals surface area contributed by atoms with Crippen LogP contribution < -0.4 is 4.90 Å². The number of benzene rings is 1. The summed E-state index contributed by atoms with van der Waals surface area (Å²) in [6.45, 7) is 3.24. The molecule has 3 rings (SSSR count). The van der Waals surface area contributed by atoms with Crippen LogP contribution in [-0.2, 0) is 9.59 Å². The summed E-state index contributed by atoms with van der Waals surface area (Å²) in [6.07, 6.45) is -0.106. The van der Waals surface area contributed by atoms with Gasteiger partial charge >= 0.3 is 0 Å². The summed E-state index contributed by atoms with van der Waals surface area (Å²) in [5.74, 6) is 0.313. The van der Waals surface area contributed by atoms with Crippen LogP contribution in [0.2, 0.25) is 0 Å². The quantitative estimate of drug-likeness (QED) is 0.686. The molecular formula is C17H17N5O2. The fourth-order valence-corrected chi connectivity index (χ4v) is 2.40. The average Bonchev–Trinajstić information content (AvgIpc) is 2.94. The number of aromatic nitrogens is 4. The van der Waals surface area contributed by atoms with Crippen molar-refractivity contribution in [1.82, 2.24) is 19.8 Å². The predicted octanol–water partition coefficient (Wildman–Crippen LogP) is 2.04. The van der Waals surface area contributed by atoms with Crippen LogP contribution >= 0.6 is 0 Å². The zero-order chi connectivity index (χ0) is 17.3. The zero-order valence-electron chi connectivity index (χ0n) is 13.7. The third-order valence-corrected chi connectivity index (χ3v) is 3.72. The van der Waals surface area contributed by atoms with Gasteiger partial charge in [0.05, 0.1) is 12.1 Å². The second-order valence-electron chi connectivity index (χ2n) is 5.62. The maximum atomic E-state index is 12.1. The molecule has 0 saturated carbocycles. The SMILES string of the molecule is CC(=O)CC(=O)N(C)c1cccc(-c2ccc3nnc(C)n3n2)c1. The van der Waals surface area contributed by atoms with Gasteiger partial charge in [0.1, 0.15) is 5.78 Å². The van der Waals surface area contributed by atoms with Gasteiger partial charge in [0.25, 0.3) is 0 Å². The van der Waals surface area contributed by atoms with E-state index in [-0.39, 0.29) is 18.1 Å². The van der Waals surface area contributed by atoms with Crippen molar-refractivity contribution in [3.8, 4) is 11.3 Å². The topological polar surface area (TPSA) is 80.5 Å². The predicted molar refractivity (Wildman–Crippen MR) is 89.7 cm³/mol. The first-order valence-corrected chi connectivity index (χ1v) is 7.51. The van der Waals surface area contributed by atoms with Crippen molar-refractivity contribution in [2.45, 2.75) is 20.3 Å². The van der Waals surface area contributed by atoms with E-state index in [9.17, 15) is 9.59 Å². The van der Waals surface area contributed by atoms with E-state index >= 15 is 0 Å². The van der Waals surface area contributed by atoms with Crippen molar-refractivity contribution < 1.29 is 9.59 Å². The van der Waals surface area contributed by atoms with Gasteiger partial charge < -0.3 is 4.90 Å². The van der Waals surface area contributed by atoms with E-state index < -0.39 is 0 Å². The van der Waals surface area contributed by atoms with Gasteiger partial charge in [-0.15, -0.1) is 10.2 Å². The fourth-order valence-electron chi connectivity index (χ4n) is 2.40. The van der Waals surface area contributed by atoms with Crippen LogP contribution in [0, 0.1) is 6.92 Å². The van der Waals surface area contributed by atoms with E-state index in [4.69, 9.17) is 0 Å². The standard InChI is InChI=1S/C17H17N5O2/c1-11(23)9-17(24)21(3)14-6-4-5-13(10-14)15-7-8-16-19-18-12(2)22(16)20-15/h4-8,10H,9H2,1-3H3. The lowest BCUT2D eigenvalue weighted by molar-refractivity contribution is -0.125. The van der Waals surface area contributed by atoms with Gasteiger partial charge in [0.15, 0.2) is 11.5 Å². The summed E-state index contributed by atoms with van der Waals surface area (Å²) < 4.78 is 1.67. The largest absolute Gasteiger partial charge is 0.315 e. The molecule has 122 valence electrons. The van der Waals surface area contributed by atoms with Crippen molar-refractivity contribution in [1.29, 1.82) is 0 Å². The minimum atomic E-state index is -0.238. The second kappa shape index (κ2) is 6.19. The van der Waals surface area contributed by atoms with Crippen LogP contribution in [0.25, 0.3) is 16.9 Å². The van der Waals surface area contributed by atoms with Gasteiger partial charge in [0, 0.05) is 18.3 Å². The van der Waals surface area contributed by atoms with E-state index in [0.29, 0.717) is 17.2 Å². The Kier molecular flexibility index (Phi) is 4.07. The Morgan fingerprint density at radius 1 is 1.17 bits per heavy atom. The number of ketones is 1. The molecule has 7 heteroatoms. The number of aryl methyl sites for hydroxylation is 1. The number of carbonyl (C=O) groups excluding carboxylic acids is 2. The Morgan fingerprint density at radius 2 is 1.96 bits per heavy atom. The Bertz CT molecular complexity index is 932. The van der Waals surface area contributed by atoms with Crippen molar-refractivity contribution in [3.63, 3.8) is 0 Å². The molecule has 0 N–H and O–H groups in total. The zero-order valence-corrected chi connectivity index (χ0v) is 13.7. The molecule has 0 aliphatic carbocycles. The first-order valence-electron chi connectivity index (χ1n) is 7.51. The van der Waals surface area contributed by atoms with Crippen LogP contribution in [0.5, 0.6) is 0 Å². The summed E-state index contributed by atoms with van der Waals surface area (Å²) in [4.78, 5) is 24.7.